The van der Waals surface area contributed by atoms with Gasteiger partial charge in [-0.2, -0.15) is 0 Å². The summed E-state index contributed by atoms with van der Waals surface area (Å²) in [5.41, 5.74) is 2.89. The minimum atomic E-state index is -0.214. The molecule has 0 radical (unpaired) electrons. The number of aromatic amines is 1. The molecule has 0 saturated carbocycles. The fourth-order valence-electron chi connectivity index (χ4n) is 3.07. The van der Waals surface area contributed by atoms with Crippen molar-refractivity contribution in [3.8, 4) is 17.1 Å². The largest absolute Gasteiger partial charge is 0.494 e. The van der Waals surface area contributed by atoms with E-state index >= 15 is 0 Å². The first kappa shape index (κ1) is 21.2. The van der Waals surface area contributed by atoms with Crippen molar-refractivity contribution in [2.75, 3.05) is 13.2 Å². The van der Waals surface area contributed by atoms with Gasteiger partial charge in [-0.05, 0) is 56.5 Å². The highest BCUT2D eigenvalue weighted by Crippen LogP contribution is 2.14. The third-order valence-electron chi connectivity index (χ3n) is 4.68. The van der Waals surface area contributed by atoms with Gasteiger partial charge in [0, 0.05) is 42.2 Å². The molecule has 0 aliphatic heterocycles. The molecule has 3 aromatic rings. The minimum Gasteiger partial charge on any atom is -0.494 e. The Morgan fingerprint density at radius 1 is 1.17 bits per heavy atom. The van der Waals surface area contributed by atoms with E-state index in [9.17, 15) is 9.59 Å². The average molecular weight is 406 g/mol. The Bertz CT molecular complexity index is 1050. The van der Waals surface area contributed by atoms with Gasteiger partial charge in [0.25, 0.3) is 5.56 Å². The summed E-state index contributed by atoms with van der Waals surface area (Å²) in [5.74, 6) is 1.24. The van der Waals surface area contributed by atoms with Crippen molar-refractivity contribution in [1.82, 2.24) is 20.3 Å². The van der Waals surface area contributed by atoms with Crippen molar-refractivity contribution in [2.24, 2.45) is 0 Å². The highest BCUT2D eigenvalue weighted by atomic mass is 16.5. The number of benzene rings is 1. The van der Waals surface area contributed by atoms with Crippen LogP contribution in [-0.4, -0.2) is 34.0 Å². The highest BCUT2D eigenvalue weighted by Gasteiger charge is 2.11. The van der Waals surface area contributed by atoms with Crippen LogP contribution in [0.1, 0.15) is 29.7 Å². The Balaban J connectivity index is 1.44. The Morgan fingerprint density at radius 3 is 2.70 bits per heavy atom. The quantitative estimate of drug-likeness (QED) is 0.533. The number of nitrogens with one attached hydrogen (secondary N) is 2. The lowest BCUT2D eigenvalue weighted by Crippen LogP contribution is -2.27. The summed E-state index contributed by atoms with van der Waals surface area (Å²) in [4.78, 5) is 35.8. The van der Waals surface area contributed by atoms with E-state index in [2.05, 4.69) is 20.3 Å². The van der Waals surface area contributed by atoms with Crippen LogP contribution in [0.15, 0.2) is 53.6 Å². The number of H-pyrrole nitrogens is 1. The fraction of sp³-hybridized carbons (Fsp3) is 0.304. The van der Waals surface area contributed by atoms with E-state index in [0.717, 1.165) is 16.9 Å². The van der Waals surface area contributed by atoms with Crippen LogP contribution < -0.4 is 15.6 Å². The molecule has 2 aromatic heterocycles. The van der Waals surface area contributed by atoms with E-state index in [-0.39, 0.29) is 17.9 Å². The third-order valence-corrected chi connectivity index (χ3v) is 4.68. The Hall–Kier alpha value is -3.48. The van der Waals surface area contributed by atoms with Gasteiger partial charge >= 0.3 is 0 Å². The minimum absolute atomic E-state index is 0.0948. The van der Waals surface area contributed by atoms with Gasteiger partial charge in [-0.1, -0.05) is 12.1 Å². The highest BCUT2D eigenvalue weighted by molar-refractivity contribution is 5.76. The number of nitrogens with zero attached hydrogens (tertiary/aromatic N) is 2. The molecule has 0 atom stereocenters. The number of aromatic nitrogens is 3. The van der Waals surface area contributed by atoms with Crippen molar-refractivity contribution in [1.29, 1.82) is 0 Å². The summed E-state index contributed by atoms with van der Waals surface area (Å²) < 4.78 is 5.67. The molecule has 0 saturated heterocycles. The van der Waals surface area contributed by atoms with Gasteiger partial charge in [-0.15, -0.1) is 0 Å². The Labute approximate surface area is 175 Å². The van der Waals surface area contributed by atoms with Crippen molar-refractivity contribution in [3.05, 3.63) is 76.0 Å². The average Bonchev–Trinajstić information content (AvgIpc) is 2.73. The maximum absolute atomic E-state index is 12.4. The number of hydrogen-bond donors (Lipinski definition) is 2. The number of pyridine rings is 1. The molecular formula is C23H26N4O3. The molecule has 0 unspecified atom stereocenters. The van der Waals surface area contributed by atoms with E-state index in [1.54, 1.807) is 31.5 Å². The summed E-state index contributed by atoms with van der Waals surface area (Å²) in [6.07, 6.45) is 4.58. The lowest BCUT2D eigenvalue weighted by atomic mass is 10.1. The predicted octanol–water partition coefficient (Wildman–Crippen LogP) is 2.97. The third kappa shape index (κ3) is 6.01. The first-order valence-corrected chi connectivity index (χ1v) is 9.99. The molecule has 0 spiro atoms. The lowest BCUT2D eigenvalue weighted by Gasteiger charge is -2.09. The molecule has 7 heteroatoms. The molecule has 2 N–H and O–H groups in total. The number of aryl methyl sites for hydroxylation is 2. The number of carbonyl (C=O) groups is 1. The summed E-state index contributed by atoms with van der Waals surface area (Å²) in [6.45, 7) is 4.86. The van der Waals surface area contributed by atoms with Crippen LogP contribution in [0.3, 0.4) is 0 Å². The molecule has 0 bridgehead atoms. The van der Waals surface area contributed by atoms with Crippen LogP contribution in [0.25, 0.3) is 11.4 Å². The second kappa shape index (κ2) is 10.3. The molecule has 1 aromatic carbocycles. The van der Waals surface area contributed by atoms with Crippen LogP contribution in [0.5, 0.6) is 5.75 Å². The van der Waals surface area contributed by atoms with Gasteiger partial charge in [0.05, 0.1) is 6.61 Å². The molecule has 30 heavy (non-hydrogen) atoms. The van der Waals surface area contributed by atoms with E-state index in [4.69, 9.17) is 4.74 Å². The molecule has 2 heterocycles. The first-order valence-electron chi connectivity index (χ1n) is 9.99. The van der Waals surface area contributed by atoms with E-state index in [0.29, 0.717) is 43.1 Å². The van der Waals surface area contributed by atoms with Crippen LogP contribution in [0.2, 0.25) is 0 Å². The van der Waals surface area contributed by atoms with Crippen molar-refractivity contribution in [3.63, 3.8) is 0 Å². The van der Waals surface area contributed by atoms with Gasteiger partial charge in [-0.25, -0.2) is 4.98 Å². The van der Waals surface area contributed by atoms with E-state index in [1.165, 1.54) is 0 Å². The van der Waals surface area contributed by atoms with Crippen molar-refractivity contribution < 1.29 is 9.53 Å². The lowest BCUT2D eigenvalue weighted by molar-refractivity contribution is -0.121. The van der Waals surface area contributed by atoms with Gasteiger partial charge < -0.3 is 15.0 Å². The number of carbonyl (C=O) groups excluding carboxylic acids is 1. The summed E-state index contributed by atoms with van der Waals surface area (Å²) in [7, 11) is 0. The molecule has 0 aliphatic rings. The Morgan fingerprint density at radius 2 is 1.97 bits per heavy atom. The maximum atomic E-state index is 12.4. The van der Waals surface area contributed by atoms with Gasteiger partial charge in [0.1, 0.15) is 11.6 Å². The molecule has 7 nitrogen and oxygen atoms in total. The van der Waals surface area contributed by atoms with Gasteiger partial charge in [0.15, 0.2) is 0 Å². The number of hydrogen-bond acceptors (Lipinski definition) is 5. The number of ether oxygens (including phenoxy) is 1. The van der Waals surface area contributed by atoms with Gasteiger partial charge in [0.2, 0.25) is 5.91 Å². The van der Waals surface area contributed by atoms with Crippen LogP contribution in [-0.2, 0) is 11.2 Å². The molecule has 3 rings (SSSR count). The zero-order valence-electron chi connectivity index (χ0n) is 17.3. The van der Waals surface area contributed by atoms with E-state index < -0.39 is 0 Å². The zero-order valence-corrected chi connectivity index (χ0v) is 17.3. The normalized spacial score (nSPS) is 10.6. The molecular weight excluding hydrogens is 380 g/mol. The van der Waals surface area contributed by atoms with Crippen LogP contribution >= 0.6 is 0 Å². The van der Waals surface area contributed by atoms with Crippen molar-refractivity contribution in [2.45, 2.75) is 33.1 Å². The first-order chi connectivity index (χ1) is 14.5. The second-order valence-corrected chi connectivity index (χ2v) is 7.08. The molecule has 1 amide bonds. The summed E-state index contributed by atoms with van der Waals surface area (Å²) >= 11 is 0. The monoisotopic (exact) mass is 406 g/mol. The number of rotatable bonds is 9. The molecule has 0 aliphatic carbocycles. The predicted molar refractivity (Wildman–Crippen MR) is 115 cm³/mol. The summed E-state index contributed by atoms with van der Waals surface area (Å²) in [6, 6.07) is 11.4. The zero-order chi connectivity index (χ0) is 21.3. The maximum Gasteiger partial charge on any atom is 0.254 e. The molecule has 156 valence electrons. The smallest absolute Gasteiger partial charge is 0.254 e. The number of amides is 1. The van der Waals surface area contributed by atoms with Crippen LogP contribution in [0, 0.1) is 13.8 Å². The fourth-order valence-corrected chi connectivity index (χ4v) is 3.07. The van der Waals surface area contributed by atoms with Gasteiger partial charge in [-0.3, -0.25) is 14.6 Å². The topological polar surface area (TPSA) is 97.0 Å². The second-order valence-electron chi connectivity index (χ2n) is 7.08. The Kier molecular flexibility index (Phi) is 7.32. The van der Waals surface area contributed by atoms with E-state index in [1.807, 2.05) is 31.2 Å². The standard InChI is InChI=1S/C23H26N4O3/c1-16-5-3-6-19(15-16)30-14-4-11-25-21(28)8-7-20-17(2)26-22(27-23(20)29)18-9-12-24-13-10-18/h3,5-6,9-10,12-13,15H,4,7-8,11,14H2,1-2H3,(H,25,28)(H,26,27,29). The van der Waals surface area contributed by atoms with Crippen molar-refractivity contribution >= 4 is 5.91 Å². The SMILES string of the molecule is Cc1cccc(OCCCNC(=O)CCc2c(C)nc(-c3ccncc3)[nH]c2=O)c1. The van der Waals surface area contributed by atoms with Crippen LogP contribution in [0.4, 0.5) is 0 Å². The molecule has 0 fully saturated rings. The summed E-state index contributed by atoms with van der Waals surface area (Å²) in [5, 5.41) is 2.87.